The van der Waals surface area contributed by atoms with Crippen LogP contribution in [0.15, 0.2) is 42.0 Å². The SMILES string of the molecule is C[C@@H]1CC[C@@]2(OC1)O[C@H]1C[C@H]3[C@@H]4CC=C5C[C@@H](O[C@@H]6OC7COC(c8ccccc8)O[C@H]7[C@H](C)C6O)CC[C@]5(C)[C@H]4CC[C@]3(C)[C@H]1[C@@H]2C. The Bertz CT molecular complexity index is 1370. The van der Waals surface area contributed by atoms with Crippen molar-refractivity contribution in [2.45, 2.75) is 141 Å². The highest BCUT2D eigenvalue weighted by molar-refractivity contribution is 5.26. The number of ether oxygens (including phenoxy) is 6. The smallest absolute Gasteiger partial charge is 0.184 e. The first-order valence-corrected chi connectivity index (χ1v) is 19.4. The summed E-state index contributed by atoms with van der Waals surface area (Å²) in [6, 6.07) is 10.0. The molecule has 3 unspecified atom stereocenters. The minimum Gasteiger partial charge on any atom is -0.387 e. The van der Waals surface area contributed by atoms with Gasteiger partial charge in [-0.1, -0.05) is 76.6 Å². The van der Waals surface area contributed by atoms with E-state index in [1.54, 1.807) is 5.57 Å². The van der Waals surface area contributed by atoms with Crippen LogP contribution in [0.4, 0.5) is 0 Å². The topological polar surface area (TPSA) is 75.6 Å². The number of aliphatic hydroxyl groups is 1. The summed E-state index contributed by atoms with van der Waals surface area (Å²) in [7, 11) is 0. The molecule has 7 heteroatoms. The Balaban J connectivity index is 0.857. The zero-order chi connectivity index (χ0) is 33.0. The van der Waals surface area contributed by atoms with Crippen LogP contribution in [0.1, 0.15) is 104 Å². The highest BCUT2D eigenvalue weighted by atomic mass is 16.8. The van der Waals surface area contributed by atoms with Crippen molar-refractivity contribution >= 4 is 0 Å². The third kappa shape index (κ3) is 4.92. The van der Waals surface area contributed by atoms with Crippen LogP contribution in [0.2, 0.25) is 0 Å². The number of fused-ring (bicyclic) bond motifs is 8. The van der Waals surface area contributed by atoms with E-state index >= 15 is 0 Å². The summed E-state index contributed by atoms with van der Waals surface area (Å²) in [5.41, 5.74) is 3.13. The van der Waals surface area contributed by atoms with Gasteiger partial charge in [0, 0.05) is 23.8 Å². The molecule has 1 spiro atoms. The quantitative estimate of drug-likeness (QED) is 0.335. The fourth-order valence-electron chi connectivity index (χ4n) is 12.7. The third-order valence-electron chi connectivity index (χ3n) is 15.4. The highest BCUT2D eigenvalue weighted by Crippen LogP contribution is 2.70. The Morgan fingerprint density at radius 2 is 1.73 bits per heavy atom. The van der Waals surface area contributed by atoms with E-state index in [4.69, 9.17) is 28.4 Å². The summed E-state index contributed by atoms with van der Waals surface area (Å²) in [6.07, 6.45) is 11.0. The molecule has 1 N–H and O–H groups in total. The number of hydrogen-bond donors (Lipinski definition) is 1. The van der Waals surface area contributed by atoms with Crippen molar-refractivity contribution in [1.82, 2.24) is 0 Å². The van der Waals surface area contributed by atoms with Crippen LogP contribution < -0.4 is 0 Å². The van der Waals surface area contributed by atoms with Gasteiger partial charge in [0.2, 0.25) is 0 Å². The van der Waals surface area contributed by atoms with Crippen LogP contribution >= 0.6 is 0 Å². The Morgan fingerprint density at radius 1 is 0.896 bits per heavy atom. The average Bonchev–Trinajstić information content (AvgIpc) is 3.54. The number of aliphatic hydroxyl groups excluding tert-OH is 1. The summed E-state index contributed by atoms with van der Waals surface area (Å²) in [4.78, 5) is 0. The number of hydrogen-bond acceptors (Lipinski definition) is 7. The van der Waals surface area contributed by atoms with E-state index < -0.39 is 18.7 Å². The number of allylic oxidation sites excluding steroid dienone is 1. The van der Waals surface area contributed by atoms with Gasteiger partial charge in [-0.05, 0) is 91.8 Å². The van der Waals surface area contributed by atoms with Crippen molar-refractivity contribution in [3.05, 3.63) is 47.5 Å². The monoisotopic (exact) mass is 662 g/mol. The average molecular weight is 663 g/mol. The molecule has 7 nitrogen and oxygen atoms in total. The summed E-state index contributed by atoms with van der Waals surface area (Å²) < 4.78 is 39.0. The van der Waals surface area contributed by atoms with E-state index in [0.29, 0.717) is 35.9 Å². The maximum atomic E-state index is 11.4. The fraction of sp³-hybridized carbons (Fsp3) is 0.805. The first-order valence-electron chi connectivity index (χ1n) is 19.4. The standard InChI is InChI=1S/C41H58O7/c1-23-13-18-41(44-21-23)25(3)34-32(48-41)20-31-29-12-11-27-19-28(14-16-39(27,4)30(29)15-17-40(31,34)5)45-38-35(42)24(2)36-33(46-38)22-43-37(47-36)26-9-7-6-8-10-26/h6-11,23-25,28-38,42H,12-22H2,1-5H3/t23-,24-,25+,28+,29-,30+,31+,32+,33?,34+,35?,36+,37?,38-,39+,40+,41-/m1/s1. The van der Waals surface area contributed by atoms with Gasteiger partial charge in [-0.15, -0.1) is 0 Å². The van der Waals surface area contributed by atoms with Crippen LogP contribution in [0, 0.1) is 52.3 Å². The molecule has 8 aliphatic rings. The lowest BCUT2D eigenvalue weighted by molar-refractivity contribution is -0.358. The van der Waals surface area contributed by atoms with Gasteiger partial charge in [-0.3, -0.25) is 0 Å². The zero-order valence-electron chi connectivity index (χ0n) is 29.7. The van der Waals surface area contributed by atoms with Crippen molar-refractivity contribution < 1.29 is 33.5 Å². The van der Waals surface area contributed by atoms with Crippen molar-refractivity contribution in [2.24, 2.45) is 52.3 Å². The molecule has 4 heterocycles. The molecular formula is C41H58O7. The Labute approximate surface area is 287 Å². The van der Waals surface area contributed by atoms with Gasteiger partial charge in [-0.25, -0.2) is 0 Å². The van der Waals surface area contributed by atoms with Crippen LogP contribution in [-0.4, -0.2) is 60.9 Å². The van der Waals surface area contributed by atoms with E-state index in [-0.39, 0.29) is 35.4 Å². The van der Waals surface area contributed by atoms with Crippen LogP contribution in [0.5, 0.6) is 0 Å². The van der Waals surface area contributed by atoms with Gasteiger partial charge in [0.15, 0.2) is 18.4 Å². The summed E-state index contributed by atoms with van der Waals surface area (Å²) >= 11 is 0. The zero-order valence-corrected chi connectivity index (χ0v) is 29.7. The molecule has 9 rings (SSSR count). The predicted molar refractivity (Wildman–Crippen MR) is 180 cm³/mol. The minimum atomic E-state index is -0.747. The van der Waals surface area contributed by atoms with E-state index in [2.05, 4.69) is 40.7 Å². The molecule has 1 aromatic rings. The van der Waals surface area contributed by atoms with E-state index in [1.165, 1.54) is 32.1 Å². The van der Waals surface area contributed by atoms with Gasteiger partial charge in [-0.2, -0.15) is 0 Å². The van der Waals surface area contributed by atoms with E-state index in [1.807, 2.05) is 30.3 Å². The Kier molecular flexibility index (Phi) is 8.05. The molecule has 1 aromatic carbocycles. The molecule has 4 saturated heterocycles. The number of benzene rings is 1. The number of rotatable bonds is 3. The second-order valence-corrected chi connectivity index (χ2v) is 17.8. The summed E-state index contributed by atoms with van der Waals surface area (Å²) in [5.74, 6) is 3.42. The summed E-state index contributed by atoms with van der Waals surface area (Å²) in [5, 5.41) is 11.4. The molecule has 0 radical (unpaired) electrons. The Hall–Kier alpha value is -1.32. The normalized spacial score (nSPS) is 54.4. The first kappa shape index (κ1) is 32.6. The van der Waals surface area contributed by atoms with E-state index in [9.17, 15) is 5.11 Å². The van der Waals surface area contributed by atoms with Crippen molar-refractivity contribution in [2.75, 3.05) is 13.2 Å². The maximum absolute atomic E-state index is 11.4. The van der Waals surface area contributed by atoms with Gasteiger partial charge >= 0.3 is 0 Å². The third-order valence-corrected chi connectivity index (χ3v) is 15.4. The Morgan fingerprint density at radius 3 is 2.52 bits per heavy atom. The maximum Gasteiger partial charge on any atom is 0.184 e. The molecule has 0 aromatic heterocycles. The summed E-state index contributed by atoms with van der Waals surface area (Å²) in [6.45, 7) is 13.3. The minimum absolute atomic E-state index is 0.0510. The van der Waals surface area contributed by atoms with Gasteiger partial charge in [0.05, 0.1) is 31.5 Å². The lowest BCUT2D eigenvalue weighted by Gasteiger charge is -2.58. The molecule has 264 valence electrons. The van der Waals surface area contributed by atoms with Crippen molar-refractivity contribution in [3.63, 3.8) is 0 Å². The van der Waals surface area contributed by atoms with Gasteiger partial charge < -0.3 is 33.5 Å². The van der Waals surface area contributed by atoms with E-state index in [0.717, 1.165) is 55.6 Å². The van der Waals surface area contributed by atoms with Crippen molar-refractivity contribution in [3.8, 4) is 0 Å². The largest absolute Gasteiger partial charge is 0.387 e. The van der Waals surface area contributed by atoms with Crippen molar-refractivity contribution in [1.29, 1.82) is 0 Å². The lowest BCUT2D eigenvalue weighted by atomic mass is 9.47. The molecule has 4 aliphatic heterocycles. The highest BCUT2D eigenvalue weighted by Gasteiger charge is 2.68. The molecule has 7 fully saturated rings. The molecule has 0 amide bonds. The van der Waals surface area contributed by atoms with Gasteiger partial charge in [0.25, 0.3) is 0 Å². The fourth-order valence-corrected chi connectivity index (χ4v) is 12.7. The molecule has 0 bridgehead atoms. The van der Waals surface area contributed by atoms with Crippen LogP contribution in [0.25, 0.3) is 0 Å². The molecule has 4 aliphatic carbocycles. The lowest BCUT2D eigenvalue weighted by Crippen LogP contribution is -2.59. The molecule has 3 saturated carbocycles. The first-order chi connectivity index (χ1) is 23.1. The van der Waals surface area contributed by atoms with Crippen LogP contribution in [-0.2, 0) is 28.4 Å². The molecular weight excluding hydrogens is 604 g/mol. The molecule has 48 heavy (non-hydrogen) atoms. The second-order valence-electron chi connectivity index (χ2n) is 17.8. The second kappa shape index (κ2) is 11.9. The predicted octanol–water partition coefficient (Wildman–Crippen LogP) is 7.57. The molecule has 17 atom stereocenters. The van der Waals surface area contributed by atoms with Crippen LogP contribution in [0.3, 0.4) is 0 Å². The van der Waals surface area contributed by atoms with Gasteiger partial charge in [0.1, 0.15) is 12.2 Å².